The van der Waals surface area contributed by atoms with Crippen LogP contribution in [0.4, 0.5) is 0 Å². The Labute approximate surface area is 184 Å². The van der Waals surface area contributed by atoms with Gasteiger partial charge in [0, 0.05) is 48.1 Å². The van der Waals surface area contributed by atoms with E-state index in [4.69, 9.17) is 4.99 Å². The van der Waals surface area contributed by atoms with Gasteiger partial charge in [-0.25, -0.2) is 4.68 Å². The highest BCUT2D eigenvalue weighted by Gasteiger charge is 2.21. The largest absolute Gasteiger partial charge is 0.343 e. The van der Waals surface area contributed by atoms with Crippen molar-refractivity contribution in [2.45, 2.75) is 40.2 Å². The summed E-state index contributed by atoms with van der Waals surface area (Å²) in [7, 11) is 0. The predicted octanol–water partition coefficient (Wildman–Crippen LogP) is 5.00. The molecule has 6 heteroatoms. The second-order valence-corrected chi connectivity index (χ2v) is 8.33. The SMILES string of the molecule is C=C1CN=C(c2cnn(C(C)C)c2)C=C2/C(C)=C/C=C\C(n3cccn3)=C(/C)CCN12. The van der Waals surface area contributed by atoms with Crippen LogP contribution in [0.2, 0.25) is 0 Å². The molecule has 0 radical (unpaired) electrons. The van der Waals surface area contributed by atoms with Crippen LogP contribution in [0.15, 0.2) is 89.3 Å². The highest BCUT2D eigenvalue weighted by molar-refractivity contribution is 6.09. The average molecular weight is 415 g/mol. The molecule has 0 fully saturated rings. The first-order valence-electron chi connectivity index (χ1n) is 10.7. The van der Waals surface area contributed by atoms with Gasteiger partial charge >= 0.3 is 0 Å². The fourth-order valence-electron chi connectivity index (χ4n) is 3.82. The third-order valence-corrected chi connectivity index (χ3v) is 5.71. The van der Waals surface area contributed by atoms with Crippen LogP contribution in [0.1, 0.15) is 45.7 Å². The molecular weight excluding hydrogens is 384 g/mol. The molecule has 2 aromatic heterocycles. The minimum absolute atomic E-state index is 0.318. The smallest absolute Gasteiger partial charge is 0.0793 e. The molecule has 0 amide bonds. The number of hydrogen-bond donors (Lipinski definition) is 0. The van der Waals surface area contributed by atoms with Gasteiger partial charge in [-0.15, -0.1) is 0 Å². The maximum atomic E-state index is 4.86. The Kier molecular flexibility index (Phi) is 5.89. The topological polar surface area (TPSA) is 51.2 Å². The monoisotopic (exact) mass is 414 g/mol. The van der Waals surface area contributed by atoms with Crippen LogP contribution >= 0.6 is 0 Å². The van der Waals surface area contributed by atoms with Crippen molar-refractivity contribution >= 4 is 11.4 Å². The Morgan fingerprint density at radius 1 is 1.16 bits per heavy atom. The van der Waals surface area contributed by atoms with E-state index < -0.39 is 0 Å². The third kappa shape index (κ3) is 4.38. The Morgan fingerprint density at radius 2 is 2.00 bits per heavy atom. The van der Waals surface area contributed by atoms with E-state index in [-0.39, 0.29) is 0 Å². The summed E-state index contributed by atoms with van der Waals surface area (Å²) in [5, 5.41) is 8.92. The quantitative estimate of drug-likeness (QED) is 0.710. The maximum Gasteiger partial charge on any atom is 0.0793 e. The van der Waals surface area contributed by atoms with Crippen LogP contribution in [-0.2, 0) is 0 Å². The first-order valence-corrected chi connectivity index (χ1v) is 10.7. The molecule has 0 saturated carbocycles. The van der Waals surface area contributed by atoms with E-state index in [2.05, 4.69) is 79.9 Å². The lowest BCUT2D eigenvalue weighted by Gasteiger charge is -2.29. The molecule has 0 atom stereocenters. The molecule has 0 saturated heterocycles. The van der Waals surface area contributed by atoms with Crippen LogP contribution in [0.25, 0.3) is 5.70 Å². The van der Waals surface area contributed by atoms with E-state index in [1.807, 2.05) is 34.0 Å². The summed E-state index contributed by atoms with van der Waals surface area (Å²) in [6.45, 7) is 14.3. The molecule has 6 nitrogen and oxygen atoms in total. The fourth-order valence-corrected chi connectivity index (χ4v) is 3.82. The van der Waals surface area contributed by atoms with Crippen molar-refractivity contribution in [2.24, 2.45) is 4.99 Å². The van der Waals surface area contributed by atoms with Gasteiger partial charge in [0.1, 0.15) is 0 Å². The lowest BCUT2D eigenvalue weighted by atomic mass is 10.0. The highest BCUT2D eigenvalue weighted by atomic mass is 15.3. The average Bonchev–Trinajstić information content (AvgIpc) is 3.41. The van der Waals surface area contributed by atoms with Gasteiger partial charge in [-0.1, -0.05) is 18.7 Å². The van der Waals surface area contributed by atoms with Gasteiger partial charge in [-0.05, 0) is 63.5 Å². The molecule has 4 rings (SSSR count). The van der Waals surface area contributed by atoms with Gasteiger partial charge in [0.2, 0.25) is 0 Å². The van der Waals surface area contributed by atoms with Gasteiger partial charge in [-0.2, -0.15) is 10.2 Å². The van der Waals surface area contributed by atoms with Gasteiger partial charge in [0.05, 0.1) is 24.2 Å². The molecule has 0 aromatic carbocycles. The third-order valence-electron chi connectivity index (χ3n) is 5.71. The number of hydrogen-bond acceptors (Lipinski definition) is 4. The lowest BCUT2D eigenvalue weighted by molar-refractivity contribution is 0.435. The molecule has 0 bridgehead atoms. The Bertz CT molecular complexity index is 1120. The molecule has 0 aliphatic carbocycles. The predicted molar refractivity (Wildman–Crippen MR) is 127 cm³/mol. The zero-order chi connectivity index (χ0) is 22.0. The number of allylic oxidation sites excluding steroid dienone is 6. The Morgan fingerprint density at radius 3 is 2.71 bits per heavy atom. The Hall–Kier alpha value is -3.41. The zero-order valence-electron chi connectivity index (χ0n) is 18.8. The molecule has 0 spiro atoms. The van der Waals surface area contributed by atoms with Gasteiger partial charge < -0.3 is 4.90 Å². The first kappa shape index (κ1) is 20.8. The van der Waals surface area contributed by atoms with Crippen LogP contribution in [0.5, 0.6) is 0 Å². The van der Waals surface area contributed by atoms with Crippen molar-refractivity contribution in [2.75, 3.05) is 13.1 Å². The molecule has 0 unspecified atom stereocenters. The molecule has 160 valence electrons. The van der Waals surface area contributed by atoms with Crippen molar-refractivity contribution in [1.82, 2.24) is 24.5 Å². The highest BCUT2D eigenvalue weighted by Crippen LogP contribution is 2.27. The summed E-state index contributed by atoms with van der Waals surface area (Å²) >= 11 is 0. The summed E-state index contributed by atoms with van der Waals surface area (Å²) in [5.41, 5.74) is 7.69. The van der Waals surface area contributed by atoms with Gasteiger partial charge in [0.25, 0.3) is 0 Å². The number of rotatable bonds is 3. The van der Waals surface area contributed by atoms with Crippen molar-refractivity contribution in [1.29, 1.82) is 0 Å². The molecule has 31 heavy (non-hydrogen) atoms. The van der Waals surface area contributed by atoms with Crippen molar-refractivity contribution in [3.05, 3.63) is 89.8 Å². The number of aliphatic imine (C=N–C) groups is 1. The fraction of sp³-hybridized carbons (Fsp3) is 0.320. The summed E-state index contributed by atoms with van der Waals surface area (Å²) in [6, 6.07) is 2.27. The van der Waals surface area contributed by atoms with Gasteiger partial charge in [-0.3, -0.25) is 9.67 Å². The van der Waals surface area contributed by atoms with Crippen LogP contribution in [-0.4, -0.2) is 43.3 Å². The number of nitrogens with zero attached hydrogens (tertiary/aromatic N) is 6. The van der Waals surface area contributed by atoms with Gasteiger partial charge in [0.15, 0.2) is 0 Å². The van der Waals surface area contributed by atoms with E-state index >= 15 is 0 Å². The van der Waals surface area contributed by atoms with Crippen LogP contribution < -0.4 is 0 Å². The first-order chi connectivity index (χ1) is 14.9. The zero-order valence-corrected chi connectivity index (χ0v) is 18.8. The van der Waals surface area contributed by atoms with Crippen LogP contribution in [0, 0.1) is 0 Å². The van der Waals surface area contributed by atoms with E-state index in [1.165, 1.54) is 11.1 Å². The van der Waals surface area contributed by atoms with E-state index in [0.717, 1.165) is 41.3 Å². The normalized spacial score (nSPS) is 22.9. The number of fused-ring (bicyclic) bond motifs is 1. The molecule has 0 N–H and O–H groups in total. The molecule has 2 aliphatic rings. The van der Waals surface area contributed by atoms with Crippen molar-refractivity contribution in [3.63, 3.8) is 0 Å². The summed E-state index contributed by atoms with van der Waals surface area (Å²) < 4.78 is 3.90. The van der Waals surface area contributed by atoms with Crippen molar-refractivity contribution in [3.8, 4) is 0 Å². The molecule has 2 aliphatic heterocycles. The second-order valence-electron chi connectivity index (χ2n) is 8.33. The minimum atomic E-state index is 0.318. The van der Waals surface area contributed by atoms with E-state index in [9.17, 15) is 0 Å². The summed E-state index contributed by atoms with van der Waals surface area (Å²) in [6.07, 6.45) is 17.2. The van der Waals surface area contributed by atoms with Crippen LogP contribution in [0.3, 0.4) is 0 Å². The van der Waals surface area contributed by atoms with E-state index in [0.29, 0.717) is 12.6 Å². The summed E-state index contributed by atoms with van der Waals surface area (Å²) in [4.78, 5) is 7.17. The molecule has 2 aromatic rings. The number of aromatic nitrogens is 4. The maximum absolute atomic E-state index is 4.86. The Balaban J connectivity index is 1.73. The lowest BCUT2D eigenvalue weighted by Crippen LogP contribution is -2.25. The minimum Gasteiger partial charge on any atom is -0.343 e. The summed E-state index contributed by atoms with van der Waals surface area (Å²) in [5.74, 6) is 0. The standard InChI is InChI=1S/C25H30N6/c1-18(2)31-17-22(16-28-31)23-14-25-19(3)8-6-9-24(30-12-7-11-27-30)20(4)10-13-29(25)21(5)15-26-23/h6-9,11-12,14,16-18H,5,10,13,15H2,1-4H3/b9-6-,19-8+,24-20-. The van der Waals surface area contributed by atoms with E-state index in [1.54, 1.807) is 0 Å². The second kappa shape index (κ2) is 8.76. The van der Waals surface area contributed by atoms with Crippen molar-refractivity contribution < 1.29 is 0 Å². The molecule has 4 heterocycles. The molecular formula is C25H30N6.